The Morgan fingerprint density at radius 1 is 1.38 bits per heavy atom. The van der Waals surface area contributed by atoms with Crippen molar-refractivity contribution in [1.29, 1.82) is 0 Å². The Morgan fingerprint density at radius 3 is 2.50 bits per heavy atom. The van der Waals surface area contributed by atoms with Crippen LogP contribution in [0.2, 0.25) is 0 Å². The number of nitrogen functional groups attached to an aromatic ring is 1. The van der Waals surface area contributed by atoms with Gasteiger partial charge in [0.25, 0.3) is 0 Å². The molecule has 0 fully saturated rings. The van der Waals surface area contributed by atoms with Gasteiger partial charge in [0.2, 0.25) is 0 Å². The molecule has 0 saturated heterocycles. The molecule has 0 spiro atoms. The predicted octanol–water partition coefficient (Wildman–Crippen LogP) is -0.760. The van der Waals surface area contributed by atoms with Crippen LogP contribution in [-0.4, -0.2) is 32.5 Å². The molecular formula is C10H13NO5. The summed E-state index contributed by atoms with van der Waals surface area (Å²) in [7, 11) is 0. The van der Waals surface area contributed by atoms with Gasteiger partial charge in [0.1, 0.15) is 6.10 Å². The zero-order chi connectivity index (χ0) is 12.3. The second-order valence-corrected chi connectivity index (χ2v) is 3.34. The minimum Gasteiger partial charge on any atom is -0.479 e. The van der Waals surface area contributed by atoms with E-state index in [4.69, 9.17) is 21.1 Å². The van der Waals surface area contributed by atoms with E-state index in [0.29, 0.717) is 11.3 Å². The molecule has 0 heterocycles. The normalized spacial score (nSPS) is 14.4. The van der Waals surface area contributed by atoms with Gasteiger partial charge >= 0.3 is 5.97 Å². The summed E-state index contributed by atoms with van der Waals surface area (Å²) in [5.41, 5.74) is 6.41. The fourth-order valence-corrected chi connectivity index (χ4v) is 1.26. The van der Waals surface area contributed by atoms with E-state index in [2.05, 4.69) is 0 Å². The van der Waals surface area contributed by atoms with Gasteiger partial charge in [0, 0.05) is 11.3 Å². The van der Waals surface area contributed by atoms with Crippen molar-refractivity contribution < 1.29 is 25.2 Å². The van der Waals surface area contributed by atoms with Gasteiger partial charge in [-0.05, 0) is 17.7 Å². The van der Waals surface area contributed by atoms with Crippen LogP contribution in [0.1, 0.15) is 17.2 Å². The Morgan fingerprint density at radius 2 is 2.00 bits per heavy atom. The van der Waals surface area contributed by atoms with Crippen LogP contribution >= 0.6 is 0 Å². The summed E-state index contributed by atoms with van der Waals surface area (Å²) < 4.78 is 0. The Kier molecular flexibility index (Phi) is 3.83. The lowest BCUT2D eigenvalue weighted by atomic mass is 10.0. The fraction of sp³-hybridized carbons (Fsp3) is 0.300. The molecule has 0 aromatic heterocycles. The smallest absolute Gasteiger partial charge is 0.335 e. The number of benzene rings is 1. The lowest BCUT2D eigenvalue weighted by molar-refractivity contribution is -0.153. The SMILES string of the molecule is Nc1ccc(C(O)C(O)C(=O)O)cc1CO. The first-order chi connectivity index (χ1) is 7.47. The first kappa shape index (κ1) is 12.4. The van der Waals surface area contributed by atoms with E-state index in [1.54, 1.807) is 0 Å². The highest BCUT2D eigenvalue weighted by atomic mass is 16.4. The lowest BCUT2D eigenvalue weighted by Gasteiger charge is -2.15. The largest absolute Gasteiger partial charge is 0.479 e. The van der Waals surface area contributed by atoms with E-state index in [0.717, 1.165) is 0 Å². The van der Waals surface area contributed by atoms with Crippen LogP contribution in [0.5, 0.6) is 0 Å². The first-order valence-corrected chi connectivity index (χ1v) is 4.55. The topological polar surface area (TPSA) is 124 Å². The summed E-state index contributed by atoms with van der Waals surface area (Å²) in [6.07, 6.45) is -3.46. The third-order valence-corrected chi connectivity index (χ3v) is 2.23. The van der Waals surface area contributed by atoms with E-state index in [-0.39, 0.29) is 12.2 Å². The maximum Gasteiger partial charge on any atom is 0.335 e. The van der Waals surface area contributed by atoms with E-state index in [1.807, 2.05) is 0 Å². The number of hydrogen-bond acceptors (Lipinski definition) is 5. The van der Waals surface area contributed by atoms with Crippen LogP contribution in [0, 0.1) is 0 Å². The number of carboxylic acid groups (broad SMARTS) is 1. The number of aliphatic carboxylic acids is 1. The fourth-order valence-electron chi connectivity index (χ4n) is 1.26. The minimum absolute atomic E-state index is 0.188. The van der Waals surface area contributed by atoms with Crippen molar-refractivity contribution in [2.24, 2.45) is 0 Å². The molecule has 6 N–H and O–H groups in total. The molecule has 0 bridgehead atoms. The van der Waals surface area contributed by atoms with Crippen LogP contribution in [-0.2, 0) is 11.4 Å². The summed E-state index contributed by atoms with van der Waals surface area (Å²) in [6.45, 7) is -0.324. The van der Waals surface area contributed by atoms with E-state index < -0.39 is 18.2 Å². The van der Waals surface area contributed by atoms with Crippen LogP contribution < -0.4 is 5.73 Å². The highest BCUT2D eigenvalue weighted by Gasteiger charge is 2.25. The van der Waals surface area contributed by atoms with Crippen LogP contribution in [0.25, 0.3) is 0 Å². The number of hydrogen-bond donors (Lipinski definition) is 5. The second-order valence-electron chi connectivity index (χ2n) is 3.34. The zero-order valence-corrected chi connectivity index (χ0v) is 8.37. The van der Waals surface area contributed by atoms with Crippen LogP contribution in [0.15, 0.2) is 18.2 Å². The van der Waals surface area contributed by atoms with Gasteiger partial charge in [0.15, 0.2) is 6.10 Å². The summed E-state index contributed by atoms with van der Waals surface area (Å²) in [5.74, 6) is -1.52. The molecule has 88 valence electrons. The van der Waals surface area contributed by atoms with Crippen molar-refractivity contribution in [3.63, 3.8) is 0 Å². The molecule has 0 radical (unpaired) electrons. The highest BCUT2D eigenvalue weighted by Crippen LogP contribution is 2.22. The molecule has 6 heteroatoms. The molecule has 1 aromatic rings. The zero-order valence-electron chi connectivity index (χ0n) is 8.37. The van der Waals surface area contributed by atoms with Gasteiger partial charge in [-0.15, -0.1) is 0 Å². The number of aliphatic hydroxyl groups is 3. The van der Waals surface area contributed by atoms with E-state index >= 15 is 0 Å². The third-order valence-electron chi connectivity index (χ3n) is 2.23. The van der Waals surface area contributed by atoms with Gasteiger partial charge in [-0.1, -0.05) is 6.07 Å². The van der Waals surface area contributed by atoms with Crippen molar-refractivity contribution >= 4 is 11.7 Å². The summed E-state index contributed by atoms with van der Waals surface area (Å²) in [5, 5.41) is 36.1. The van der Waals surface area contributed by atoms with E-state index in [9.17, 15) is 9.90 Å². The summed E-state index contributed by atoms with van der Waals surface area (Å²) in [6, 6.07) is 4.18. The third kappa shape index (κ3) is 2.48. The standard InChI is InChI=1S/C10H13NO5/c11-7-2-1-5(3-6(7)4-12)8(13)9(14)10(15)16/h1-3,8-9,12-14H,4,11H2,(H,15,16). The maximum absolute atomic E-state index is 10.5. The maximum atomic E-state index is 10.5. The molecule has 1 rings (SSSR count). The Labute approximate surface area is 91.6 Å². The lowest BCUT2D eigenvalue weighted by Crippen LogP contribution is -2.27. The average molecular weight is 227 g/mol. The van der Waals surface area contributed by atoms with Gasteiger partial charge in [-0.3, -0.25) is 0 Å². The molecule has 0 saturated carbocycles. The van der Waals surface area contributed by atoms with Gasteiger partial charge in [-0.2, -0.15) is 0 Å². The number of aliphatic hydroxyl groups excluding tert-OH is 3. The molecule has 0 aliphatic rings. The Bertz CT molecular complexity index is 393. The molecule has 0 amide bonds. The van der Waals surface area contributed by atoms with Crippen molar-refractivity contribution in [2.45, 2.75) is 18.8 Å². The Balaban J connectivity index is 3.00. The molecule has 0 aliphatic heterocycles. The van der Waals surface area contributed by atoms with Gasteiger partial charge in [0.05, 0.1) is 6.61 Å². The van der Waals surface area contributed by atoms with Crippen LogP contribution in [0.3, 0.4) is 0 Å². The summed E-state index contributed by atoms with van der Waals surface area (Å²) >= 11 is 0. The van der Waals surface area contributed by atoms with Crippen molar-refractivity contribution in [1.82, 2.24) is 0 Å². The van der Waals surface area contributed by atoms with Crippen LogP contribution in [0.4, 0.5) is 5.69 Å². The van der Waals surface area contributed by atoms with Crippen molar-refractivity contribution in [3.8, 4) is 0 Å². The predicted molar refractivity (Wildman–Crippen MR) is 55.4 cm³/mol. The number of anilines is 1. The van der Waals surface area contributed by atoms with Crippen molar-refractivity contribution in [2.75, 3.05) is 5.73 Å². The summed E-state index contributed by atoms with van der Waals surface area (Å²) in [4.78, 5) is 10.5. The number of rotatable bonds is 4. The highest BCUT2D eigenvalue weighted by molar-refractivity contribution is 5.73. The molecule has 1 aromatic carbocycles. The number of carbonyl (C=O) groups is 1. The molecule has 2 atom stereocenters. The molecule has 16 heavy (non-hydrogen) atoms. The molecule has 2 unspecified atom stereocenters. The monoisotopic (exact) mass is 227 g/mol. The van der Waals surface area contributed by atoms with E-state index in [1.165, 1.54) is 18.2 Å². The second kappa shape index (κ2) is 4.93. The van der Waals surface area contributed by atoms with Crippen molar-refractivity contribution in [3.05, 3.63) is 29.3 Å². The van der Waals surface area contributed by atoms with Gasteiger partial charge < -0.3 is 26.2 Å². The van der Waals surface area contributed by atoms with Gasteiger partial charge in [-0.25, -0.2) is 4.79 Å². The molecular weight excluding hydrogens is 214 g/mol. The minimum atomic E-state index is -1.91. The Hall–Kier alpha value is -1.63. The quantitative estimate of drug-likeness (QED) is 0.431. The average Bonchev–Trinajstić information content (AvgIpc) is 2.27. The number of nitrogens with two attached hydrogens (primary N) is 1. The number of carboxylic acids is 1. The molecule has 6 nitrogen and oxygen atoms in total. The molecule has 0 aliphatic carbocycles. The first-order valence-electron chi connectivity index (χ1n) is 4.55.